The Morgan fingerprint density at radius 1 is 1.60 bits per heavy atom. The van der Waals surface area contributed by atoms with Gasteiger partial charge >= 0.3 is 0 Å². The molecule has 0 radical (unpaired) electrons. The average Bonchev–Trinajstić information content (AvgIpc) is 2.17. The molecule has 0 spiro atoms. The summed E-state index contributed by atoms with van der Waals surface area (Å²) in [5.74, 6) is 0. The highest BCUT2D eigenvalue weighted by atomic mass is 16.6. The van der Waals surface area contributed by atoms with Crippen molar-refractivity contribution in [2.75, 3.05) is 6.61 Å². The van der Waals surface area contributed by atoms with Crippen LogP contribution in [0.2, 0.25) is 0 Å². The number of aliphatic hydroxyl groups is 1. The molecule has 0 bridgehead atoms. The maximum absolute atomic E-state index is 10.7. The topological polar surface area (TPSA) is 89.4 Å². The van der Waals surface area contributed by atoms with E-state index in [1.807, 2.05) is 0 Å². The van der Waals surface area contributed by atoms with Crippen molar-refractivity contribution in [3.05, 3.63) is 39.4 Å². The molecule has 0 saturated carbocycles. The molecule has 1 aromatic carbocycles. The number of nitro benzene ring substituents is 1. The van der Waals surface area contributed by atoms with Gasteiger partial charge in [0.1, 0.15) is 0 Å². The van der Waals surface area contributed by atoms with Crippen LogP contribution in [0.3, 0.4) is 0 Å². The van der Waals surface area contributed by atoms with E-state index in [4.69, 9.17) is 10.8 Å². The van der Waals surface area contributed by atoms with Crippen LogP contribution >= 0.6 is 0 Å². The van der Waals surface area contributed by atoms with Crippen molar-refractivity contribution in [1.82, 2.24) is 0 Å². The lowest BCUT2D eigenvalue weighted by Gasteiger charge is -2.22. The largest absolute Gasteiger partial charge is 0.394 e. The number of aryl methyl sites for hydroxylation is 1. The van der Waals surface area contributed by atoms with Crippen LogP contribution in [-0.2, 0) is 5.54 Å². The van der Waals surface area contributed by atoms with Gasteiger partial charge in [0.15, 0.2) is 0 Å². The Morgan fingerprint density at radius 3 is 2.67 bits per heavy atom. The van der Waals surface area contributed by atoms with Crippen LogP contribution in [0.5, 0.6) is 0 Å². The Labute approximate surface area is 87.7 Å². The van der Waals surface area contributed by atoms with E-state index in [2.05, 4.69) is 0 Å². The number of hydrogen-bond acceptors (Lipinski definition) is 4. The number of nitrogens with zero attached hydrogens (tertiary/aromatic N) is 1. The molecular weight excluding hydrogens is 196 g/mol. The standard InChI is InChI=1S/C10H14N2O3/c1-7-3-4-8(10(2,11)6-13)5-9(7)12(14)15/h3-5,13H,6,11H2,1-2H3. The Hall–Kier alpha value is -1.46. The fourth-order valence-corrected chi connectivity index (χ4v) is 1.25. The van der Waals surface area contributed by atoms with Gasteiger partial charge in [0.2, 0.25) is 0 Å². The van der Waals surface area contributed by atoms with E-state index in [9.17, 15) is 10.1 Å². The van der Waals surface area contributed by atoms with Crippen molar-refractivity contribution < 1.29 is 10.0 Å². The fourth-order valence-electron chi connectivity index (χ4n) is 1.25. The van der Waals surface area contributed by atoms with Gasteiger partial charge in [0, 0.05) is 11.6 Å². The van der Waals surface area contributed by atoms with E-state index in [0.717, 1.165) is 0 Å². The van der Waals surface area contributed by atoms with Crippen LogP contribution in [0, 0.1) is 17.0 Å². The minimum atomic E-state index is -0.946. The Morgan fingerprint density at radius 2 is 2.20 bits per heavy atom. The number of rotatable bonds is 3. The molecule has 3 N–H and O–H groups in total. The van der Waals surface area contributed by atoms with E-state index in [-0.39, 0.29) is 12.3 Å². The lowest BCUT2D eigenvalue weighted by Crippen LogP contribution is -2.36. The van der Waals surface area contributed by atoms with Gasteiger partial charge in [0.25, 0.3) is 5.69 Å². The summed E-state index contributed by atoms with van der Waals surface area (Å²) in [7, 11) is 0. The third-order valence-corrected chi connectivity index (χ3v) is 2.39. The second kappa shape index (κ2) is 3.96. The third kappa shape index (κ3) is 2.31. The van der Waals surface area contributed by atoms with Crippen LogP contribution in [-0.4, -0.2) is 16.6 Å². The zero-order valence-electron chi connectivity index (χ0n) is 8.73. The van der Waals surface area contributed by atoms with Gasteiger partial charge < -0.3 is 10.8 Å². The monoisotopic (exact) mass is 210 g/mol. The van der Waals surface area contributed by atoms with Crippen LogP contribution in [0.25, 0.3) is 0 Å². The number of aliphatic hydroxyl groups excluding tert-OH is 1. The molecule has 0 amide bonds. The molecule has 5 heteroatoms. The highest BCUT2D eigenvalue weighted by Gasteiger charge is 2.23. The van der Waals surface area contributed by atoms with Crippen molar-refractivity contribution in [3.8, 4) is 0 Å². The van der Waals surface area contributed by atoms with E-state index >= 15 is 0 Å². The van der Waals surface area contributed by atoms with Crippen molar-refractivity contribution in [1.29, 1.82) is 0 Å². The van der Waals surface area contributed by atoms with Gasteiger partial charge in [-0.1, -0.05) is 12.1 Å². The van der Waals surface area contributed by atoms with Gasteiger partial charge in [0.05, 0.1) is 17.1 Å². The highest BCUT2D eigenvalue weighted by molar-refractivity contribution is 5.44. The van der Waals surface area contributed by atoms with Crippen molar-refractivity contribution >= 4 is 5.69 Å². The van der Waals surface area contributed by atoms with Crippen LogP contribution < -0.4 is 5.73 Å². The molecule has 0 fully saturated rings. The Kier molecular flexibility index (Phi) is 3.06. The SMILES string of the molecule is Cc1ccc(C(C)(N)CO)cc1[N+](=O)[O-]. The minimum Gasteiger partial charge on any atom is -0.394 e. The van der Waals surface area contributed by atoms with E-state index in [1.165, 1.54) is 6.07 Å². The molecule has 15 heavy (non-hydrogen) atoms. The van der Waals surface area contributed by atoms with Crippen LogP contribution in [0.4, 0.5) is 5.69 Å². The molecule has 0 aromatic heterocycles. The molecule has 1 unspecified atom stereocenters. The van der Waals surface area contributed by atoms with E-state index in [0.29, 0.717) is 11.1 Å². The molecule has 0 aliphatic rings. The minimum absolute atomic E-state index is 0.0256. The number of hydrogen-bond donors (Lipinski definition) is 2. The summed E-state index contributed by atoms with van der Waals surface area (Å²) in [5, 5.41) is 19.7. The zero-order valence-corrected chi connectivity index (χ0v) is 8.73. The van der Waals surface area contributed by atoms with Gasteiger partial charge in [-0.2, -0.15) is 0 Å². The molecule has 0 aliphatic heterocycles. The maximum atomic E-state index is 10.7. The summed E-state index contributed by atoms with van der Waals surface area (Å²) in [6, 6.07) is 4.73. The molecule has 1 atom stereocenters. The fraction of sp³-hybridized carbons (Fsp3) is 0.400. The lowest BCUT2D eigenvalue weighted by molar-refractivity contribution is -0.385. The zero-order chi connectivity index (χ0) is 11.6. The van der Waals surface area contributed by atoms with Crippen LogP contribution in [0.1, 0.15) is 18.1 Å². The molecule has 5 nitrogen and oxygen atoms in total. The molecule has 0 aliphatic carbocycles. The van der Waals surface area contributed by atoms with Crippen molar-refractivity contribution in [2.24, 2.45) is 5.73 Å². The molecule has 1 aromatic rings. The van der Waals surface area contributed by atoms with Gasteiger partial charge in [-0.25, -0.2) is 0 Å². The summed E-state index contributed by atoms with van der Waals surface area (Å²) in [6.45, 7) is 3.03. The quantitative estimate of drug-likeness (QED) is 0.576. The van der Waals surface area contributed by atoms with Gasteiger partial charge in [-0.15, -0.1) is 0 Å². The summed E-state index contributed by atoms with van der Waals surface area (Å²) in [4.78, 5) is 10.2. The first-order valence-corrected chi connectivity index (χ1v) is 4.54. The molecular formula is C10H14N2O3. The number of nitrogens with two attached hydrogens (primary N) is 1. The number of benzene rings is 1. The second-order valence-electron chi connectivity index (χ2n) is 3.83. The number of nitro groups is 1. The highest BCUT2D eigenvalue weighted by Crippen LogP contribution is 2.25. The Balaban J connectivity index is 3.25. The second-order valence-corrected chi connectivity index (χ2v) is 3.83. The van der Waals surface area contributed by atoms with E-state index < -0.39 is 10.5 Å². The predicted molar refractivity (Wildman–Crippen MR) is 56.5 cm³/mol. The van der Waals surface area contributed by atoms with Crippen molar-refractivity contribution in [2.45, 2.75) is 19.4 Å². The first-order valence-electron chi connectivity index (χ1n) is 4.54. The smallest absolute Gasteiger partial charge is 0.272 e. The molecule has 1 rings (SSSR count). The van der Waals surface area contributed by atoms with Crippen LogP contribution in [0.15, 0.2) is 18.2 Å². The summed E-state index contributed by atoms with van der Waals surface area (Å²) in [5.41, 5.74) is 6.00. The predicted octanol–water partition coefficient (Wildman–Crippen LogP) is 1.07. The van der Waals surface area contributed by atoms with E-state index in [1.54, 1.807) is 26.0 Å². The first-order chi connectivity index (χ1) is 6.88. The summed E-state index contributed by atoms with van der Waals surface area (Å²) < 4.78 is 0. The summed E-state index contributed by atoms with van der Waals surface area (Å²) >= 11 is 0. The van der Waals surface area contributed by atoms with Gasteiger partial charge in [-0.05, 0) is 19.4 Å². The lowest BCUT2D eigenvalue weighted by atomic mass is 9.93. The normalized spacial score (nSPS) is 14.7. The first kappa shape index (κ1) is 11.6. The molecule has 0 saturated heterocycles. The summed E-state index contributed by atoms with van der Waals surface area (Å²) in [6.07, 6.45) is 0. The Bertz CT molecular complexity index is 388. The molecule has 0 heterocycles. The van der Waals surface area contributed by atoms with Gasteiger partial charge in [-0.3, -0.25) is 10.1 Å². The average molecular weight is 210 g/mol. The van der Waals surface area contributed by atoms with Crippen molar-refractivity contribution in [3.63, 3.8) is 0 Å². The third-order valence-electron chi connectivity index (χ3n) is 2.39. The molecule has 82 valence electrons. The maximum Gasteiger partial charge on any atom is 0.272 e.